The molecule has 104 valence electrons. The third kappa shape index (κ3) is 2.82. The van der Waals surface area contributed by atoms with E-state index >= 15 is 0 Å². The van der Waals surface area contributed by atoms with Crippen molar-refractivity contribution in [2.45, 2.75) is 13.8 Å². The van der Waals surface area contributed by atoms with Gasteiger partial charge in [-0.25, -0.2) is 4.39 Å². The molecule has 2 rings (SSSR count). The minimum absolute atomic E-state index is 0.139. The lowest BCUT2D eigenvalue weighted by Crippen LogP contribution is -2.14. The van der Waals surface area contributed by atoms with Crippen molar-refractivity contribution in [3.05, 3.63) is 57.3 Å². The van der Waals surface area contributed by atoms with Gasteiger partial charge in [0.25, 0.3) is 5.91 Å². The van der Waals surface area contributed by atoms with Crippen molar-refractivity contribution < 1.29 is 9.18 Å². The lowest BCUT2D eigenvalue weighted by atomic mass is 10.1. The fourth-order valence-corrected chi connectivity index (χ4v) is 2.26. The summed E-state index contributed by atoms with van der Waals surface area (Å²) in [5.74, 6) is -0.892. The summed E-state index contributed by atoms with van der Waals surface area (Å²) < 4.78 is 13.6. The molecule has 0 saturated heterocycles. The van der Waals surface area contributed by atoms with Crippen LogP contribution in [0.4, 0.5) is 15.8 Å². The predicted molar refractivity (Wildman–Crippen MR) is 82.4 cm³/mol. The van der Waals surface area contributed by atoms with Crippen LogP contribution in [0, 0.1) is 19.7 Å². The number of aryl methyl sites for hydroxylation is 2. The Hall–Kier alpha value is -1.88. The molecule has 0 aliphatic rings. The van der Waals surface area contributed by atoms with Crippen LogP contribution in [0.3, 0.4) is 0 Å². The second-order valence-electron chi connectivity index (χ2n) is 4.58. The van der Waals surface area contributed by atoms with Gasteiger partial charge in [0.2, 0.25) is 0 Å². The van der Waals surface area contributed by atoms with E-state index in [1.54, 1.807) is 18.2 Å². The van der Waals surface area contributed by atoms with Crippen LogP contribution in [0.25, 0.3) is 0 Å². The molecule has 3 N–H and O–H groups in total. The van der Waals surface area contributed by atoms with E-state index in [1.165, 1.54) is 12.1 Å². The van der Waals surface area contributed by atoms with Crippen LogP contribution in [0.2, 0.25) is 0 Å². The normalized spacial score (nSPS) is 10.4. The van der Waals surface area contributed by atoms with Crippen LogP contribution in [0.5, 0.6) is 0 Å². The number of nitrogens with two attached hydrogens (primary N) is 1. The summed E-state index contributed by atoms with van der Waals surface area (Å²) in [7, 11) is 0. The van der Waals surface area contributed by atoms with Gasteiger partial charge < -0.3 is 11.1 Å². The van der Waals surface area contributed by atoms with Crippen molar-refractivity contribution in [3.8, 4) is 0 Å². The van der Waals surface area contributed by atoms with E-state index in [9.17, 15) is 9.18 Å². The average Bonchev–Trinajstić information content (AvgIpc) is 2.39. The van der Waals surface area contributed by atoms with Gasteiger partial charge in [0.15, 0.2) is 0 Å². The van der Waals surface area contributed by atoms with Crippen molar-refractivity contribution >= 4 is 33.2 Å². The van der Waals surface area contributed by atoms with E-state index in [0.717, 1.165) is 11.1 Å². The Morgan fingerprint density at radius 3 is 2.60 bits per heavy atom. The van der Waals surface area contributed by atoms with Gasteiger partial charge in [-0.3, -0.25) is 4.79 Å². The highest BCUT2D eigenvalue weighted by Crippen LogP contribution is 2.25. The number of anilines is 2. The summed E-state index contributed by atoms with van der Waals surface area (Å²) in [6.45, 7) is 3.88. The number of benzene rings is 2. The highest BCUT2D eigenvalue weighted by molar-refractivity contribution is 9.10. The molecule has 1 amide bonds. The standard InChI is InChI=1S/C15H14BrFN2O/c1-8-6-12(18)13(7-9(8)2)19-15(20)10-4-3-5-11(17)14(10)16/h3-7H,18H2,1-2H3,(H,19,20). The Labute approximate surface area is 125 Å². The highest BCUT2D eigenvalue weighted by atomic mass is 79.9. The number of carbonyl (C=O) groups excluding carboxylic acids is 1. The summed E-state index contributed by atoms with van der Waals surface area (Å²) in [6.07, 6.45) is 0. The van der Waals surface area contributed by atoms with Gasteiger partial charge in [0.05, 0.1) is 21.4 Å². The minimum Gasteiger partial charge on any atom is -0.397 e. The van der Waals surface area contributed by atoms with Crippen LogP contribution < -0.4 is 11.1 Å². The monoisotopic (exact) mass is 336 g/mol. The van der Waals surface area contributed by atoms with Crippen molar-refractivity contribution in [2.75, 3.05) is 11.1 Å². The second kappa shape index (κ2) is 5.63. The van der Waals surface area contributed by atoms with E-state index in [4.69, 9.17) is 5.73 Å². The molecule has 0 fully saturated rings. The third-order valence-corrected chi connectivity index (χ3v) is 3.92. The molecule has 0 saturated carbocycles. The highest BCUT2D eigenvalue weighted by Gasteiger charge is 2.14. The molecule has 2 aromatic rings. The van der Waals surface area contributed by atoms with Crippen LogP contribution >= 0.6 is 15.9 Å². The number of nitrogen functional groups attached to an aromatic ring is 1. The van der Waals surface area contributed by atoms with Gasteiger partial charge >= 0.3 is 0 Å². The van der Waals surface area contributed by atoms with E-state index in [-0.39, 0.29) is 10.0 Å². The van der Waals surface area contributed by atoms with E-state index in [0.29, 0.717) is 11.4 Å². The van der Waals surface area contributed by atoms with Crippen molar-refractivity contribution in [1.82, 2.24) is 0 Å². The number of hydrogen-bond donors (Lipinski definition) is 2. The van der Waals surface area contributed by atoms with Gasteiger partial charge in [-0.2, -0.15) is 0 Å². The lowest BCUT2D eigenvalue weighted by molar-refractivity contribution is 0.102. The van der Waals surface area contributed by atoms with E-state index in [2.05, 4.69) is 21.2 Å². The van der Waals surface area contributed by atoms with Crippen LogP contribution in [0.1, 0.15) is 21.5 Å². The summed E-state index contributed by atoms with van der Waals surface area (Å²) in [4.78, 5) is 12.2. The molecule has 0 aromatic heterocycles. The van der Waals surface area contributed by atoms with Gasteiger partial charge in [-0.1, -0.05) is 6.07 Å². The Morgan fingerprint density at radius 2 is 1.90 bits per heavy atom. The van der Waals surface area contributed by atoms with E-state index in [1.807, 2.05) is 13.8 Å². The first-order valence-electron chi connectivity index (χ1n) is 6.02. The van der Waals surface area contributed by atoms with Gasteiger partial charge in [0.1, 0.15) is 5.82 Å². The molecule has 2 aromatic carbocycles. The molecule has 5 heteroatoms. The Bertz CT molecular complexity index is 686. The van der Waals surface area contributed by atoms with Crippen molar-refractivity contribution in [2.24, 2.45) is 0 Å². The molecule has 0 bridgehead atoms. The van der Waals surface area contributed by atoms with Crippen LogP contribution in [0.15, 0.2) is 34.8 Å². The minimum atomic E-state index is -0.481. The van der Waals surface area contributed by atoms with Gasteiger partial charge in [0, 0.05) is 0 Å². The number of rotatable bonds is 2. The fourth-order valence-electron chi connectivity index (χ4n) is 1.82. The van der Waals surface area contributed by atoms with E-state index < -0.39 is 11.7 Å². The molecule has 0 aliphatic carbocycles. The van der Waals surface area contributed by atoms with Gasteiger partial charge in [-0.15, -0.1) is 0 Å². The summed E-state index contributed by atoms with van der Waals surface area (Å²) in [6, 6.07) is 7.91. The second-order valence-corrected chi connectivity index (χ2v) is 5.37. The fraction of sp³-hybridized carbons (Fsp3) is 0.133. The maximum atomic E-state index is 13.4. The van der Waals surface area contributed by atoms with Crippen LogP contribution in [-0.2, 0) is 0 Å². The van der Waals surface area contributed by atoms with Gasteiger partial charge in [-0.05, 0) is 65.2 Å². The molecule has 0 radical (unpaired) electrons. The smallest absolute Gasteiger partial charge is 0.256 e. The molecule has 0 spiro atoms. The lowest BCUT2D eigenvalue weighted by Gasteiger charge is -2.12. The quantitative estimate of drug-likeness (QED) is 0.813. The van der Waals surface area contributed by atoms with Crippen LogP contribution in [-0.4, -0.2) is 5.91 Å². The molecular weight excluding hydrogens is 323 g/mol. The number of hydrogen-bond acceptors (Lipinski definition) is 2. The van der Waals surface area contributed by atoms with Crippen molar-refractivity contribution in [3.63, 3.8) is 0 Å². The zero-order chi connectivity index (χ0) is 14.9. The Kier molecular flexibility index (Phi) is 4.09. The number of amides is 1. The Balaban J connectivity index is 2.33. The third-order valence-electron chi connectivity index (χ3n) is 3.11. The number of carbonyl (C=O) groups is 1. The maximum Gasteiger partial charge on any atom is 0.256 e. The largest absolute Gasteiger partial charge is 0.397 e. The Morgan fingerprint density at radius 1 is 1.25 bits per heavy atom. The summed E-state index contributed by atoms with van der Waals surface area (Å²) in [5.41, 5.74) is 9.18. The first-order valence-corrected chi connectivity index (χ1v) is 6.81. The summed E-state index contributed by atoms with van der Waals surface area (Å²) in [5, 5.41) is 2.70. The molecule has 0 atom stereocenters. The number of nitrogens with one attached hydrogen (secondary N) is 1. The summed E-state index contributed by atoms with van der Waals surface area (Å²) >= 11 is 3.07. The zero-order valence-corrected chi connectivity index (χ0v) is 12.7. The zero-order valence-electron chi connectivity index (χ0n) is 11.1. The SMILES string of the molecule is Cc1cc(N)c(NC(=O)c2cccc(F)c2Br)cc1C. The molecule has 20 heavy (non-hydrogen) atoms. The van der Waals surface area contributed by atoms with Crippen molar-refractivity contribution in [1.29, 1.82) is 0 Å². The number of halogens is 2. The average molecular weight is 337 g/mol. The molecule has 0 heterocycles. The first-order chi connectivity index (χ1) is 9.40. The molecule has 0 aliphatic heterocycles. The first kappa shape index (κ1) is 14.5. The predicted octanol–water partition coefficient (Wildman–Crippen LogP) is 4.04. The molecule has 3 nitrogen and oxygen atoms in total. The maximum absolute atomic E-state index is 13.4. The molecule has 0 unspecified atom stereocenters. The molecular formula is C15H14BrFN2O. The topological polar surface area (TPSA) is 55.1 Å².